The molecule has 1 aliphatic heterocycles. The van der Waals surface area contributed by atoms with Gasteiger partial charge in [0.05, 0.1) is 29.1 Å². The molecule has 0 radical (unpaired) electrons. The lowest BCUT2D eigenvalue weighted by molar-refractivity contribution is -0.131. The fourth-order valence-corrected chi connectivity index (χ4v) is 7.60. The van der Waals surface area contributed by atoms with Crippen LogP contribution in [0.3, 0.4) is 0 Å². The summed E-state index contributed by atoms with van der Waals surface area (Å²) in [5.41, 5.74) is 2.13. The van der Waals surface area contributed by atoms with E-state index in [1.54, 1.807) is 37.4 Å². The van der Waals surface area contributed by atoms with Gasteiger partial charge < -0.3 is 10.6 Å². The van der Waals surface area contributed by atoms with Crippen molar-refractivity contribution in [2.24, 2.45) is 10.8 Å². The van der Waals surface area contributed by atoms with Crippen LogP contribution >= 0.6 is 0 Å². The summed E-state index contributed by atoms with van der Waals surface area (Å²) in [6, 6.07) is 8.75. The summed E-state index contributed by atoms with van der Waals surface area (Å²) < 4.78 is 41.3. The maximum Gasteiger partial charge on any atom is 0.270 e. The summed E-state index contributed by atoms with van der Waals surface area (Å²) in [4.78, 5) is 17.2. The third kappa shape index (κ3) is 3.65. The normalized spacial score (nSPS) is 32.2. The highest BCUT2D eigenvalue weighted by molar-refractivity contribution is 7.86. The lowest BCUT2D eigenvalue weighted by Crippen LogP contribution is -2.61. The molecule has 2 N–H and O–H groups in total. The largest absolute Gasteiger partial charge is 0.354 e. The van der Waals surface area contributed by atoms with Crippen molar-refractivity contribution < 1.29 is 17.8 Å². The highest BCUT2D eigenvalue weighted by Crippen LogP contribution is 2.71. The minimum atomic E-state index is -3.14. The molecule has 5 rings (SSSR count). The Balaban J connectivity index is 1.27. The number of aromatic nitrogens is 1. The van der Waals surface area contributed by atoms with E-state index in [-0.39, 0.29) is 11.5 Å². The van der Waals surface area contributed by atoms with Crippen LogP contribution in [-0.2, 0) is 22.0 Å². The summed E-state index contributed by atoms with van der Waals surface area (Å²) in [5, 5.41) is 15.5. The van der Waals surface area contributed by atoms with E-state index in [0.29, 0.717) is 46.1 Å². The van der Waals surface area contributed by atoms with Crippen LogP contribution in [0.5, 0.6) is 0 Å². The molecule has 1 aromatic carbocycles. The molecule has 2 aromatic rings. The topological polar surface area (TPSA) is 94.9 Å². The van der Waals surface area contributed by atoms with Crippen molar-refractivity contribution in [1.29, 1.82) is 5.26 Å². The van der Waals surface area contributed by atoms with Gasteiger partial charge in [-0.1, -0.05) is 19.1 Å². The number of carbonyl (C=O) groups excluding carboxylic acids is 1. The molecule has 3 fully saturated rings. The second kappa shape index (κ2) is 8.09. The molecule has 35 heavy (non-hydrogen) atoms. The number of nitriles is 1. The van der Waals surface area contributed by atoms with Crippen LogP contribution in [0.1, 0.15) is 55.0 Å². The van der Waals surface area contributed by atoms with Gasteiger partial charge in [-0.3, -0.25) is 14.0 Å². The van der Waals surface area contributed by atoms with E-state index in [0.717, 1.165) is 18.4 Å². The molecule has 6 nitrogen and oxygen atoms in total. The first-order valence-corrected chi connectivity index (χ1v) is 13.3. The van der Waals surface area contributed by atoms with Crippen LogP contribution in [0, 0.1) is 29.1 Å². The van der Waals surface area contributed by atoms with Crippen molar-refractivity contribution in [2.75, 3.05) is 16.8 Å². The predicted molar refractivity (Wildman–Crippen MR) is 130 cm³/mol. The molecule has 2 heterocycles. The summed E-state index contributed by atoms with van der Waals surface area (Å²) in [5.74, 6) is -3.62. The van der Waals surface area contributed by atoms with Gasteiger partial charge in [0, 0.05) is 34.0 Å². The molecule has 1 aromatic heterocycles. The van der Waals surface area contributed by atoms with Gasteiger partial charge in [-0.2, -0.15) is 5.26 Å². The number of alkyl halides is 2. The van der Waals surface area contributed by atoms with E-state index in [1.807, 2.05) is 6.92 Å². The van der Waals surface area contributed by atoms with Crippen molar-refractivity contribution >= 4 is 28.1 Å². The molecule has 2 atom stereocenters. The van der Waals surface area contributed by atoms with Gasteiger partial charge in [-0.25, -0.2) is 8.78 Å². The molecule has 3 aliphatic rings. The number of carbonyl (C=O) groups is 1. The van der Waals surface area contributed by atoms with Gasteiger partial charge in [-0.15, -0.1) is 0 Å². The number of rotatable bonds is 6. The Bertz CT molecular complexity index is 1260. The molecule has 1 saturated heterocycles. The third-order valence-electron chi connectivity index (χ3n) is 8.01. The molecule has 184 valence electrons. The molecular formula is C26H28F2N4O2S. The zero-order valence-electron chi connectivity index (χ0n) is 20.0. The number of amides is 1. The summed E-state index contributed by atoms with van der Waals surface area (Å²) in [6.07, 6.45) is 3.76. The maximum absolute atomic E-state index is 14.9. The van der Waals surface area contributed by atoms with Crippen molar-refractivity contribution in [3.63, 3.8) is 0 Å². The number of benzene rings is 1. The Hall–Kier alpha value is -2.86. The van der Waals surface area contributed by atoms with Crippen molar-refractivity contribution in [3.05, 3.63) is 52.8 Å². The van der Waals surface area contributed by atoms with Crippen molar-refractivity contribution in [3.8, 4) is 6.07 Å². The zero-order chi connectivity index (χ0) is 25.2. The third-order valence-corrected chi connectivity index (χ3v) is 9.88. The first-order valence-electron chi connectivity index (χ1n) is 11.8. The first-order chi connectivity index (χ1) is 16.5. The quantitative estimate of drug-likeness (QED) is 0.618. The fraction of sp³-hybridized carbons (Fsp3) is 0.500. The lowest BCUT2D eigenvalue weighted by Gasteiger charge is -2.53. The van der Waals surface area contributed by atoms with E-state index in [4.69, 9.17) is 0 Å². The number of nitrogens with one attached hydrogen (secondary N) is 2. The van der Waals surface area contributed by atoms with Gasteiger partial charge in [0.15, 0.2) is 0 Å². The van der Waals surface area contributed by atoms with E-state index < -0.39 is 34.0 Å². The van der Waals surface area contributed by atoms with E-state index in [1.165, 1.54) is 6.92 Å². The molecular weight excluding hydrogens is 470 g/mol. The van der Waals surface area contributed by atoms with Crippen LogP contribution in [0.25, 0.3) is 0 Å². The summed E-state index contributed by atoms with van der Waals surface area (Å²) in [6.45, 7) is 5.08. The Morgan fingerprint density at radius 3 is 2.49 bits per heavy atom. The summed E-state index contributed by atoms with van der Waals surface area (Å²) >= 11 is 0. The highest BCUT2D eigenvalue weighted by atomic mass is 32.2. The standard InChI is InChI=1S/C26H28F2N4O2S/c1-4-19-20(11-29)15(2)30-12-21(19)31-17-7-5-16(6-8-17)22-24(3,26(22,27)28)23(33)32-18-9-25(10-18)13-35(34)14-25/h5-8,12,18,22,31H,4,9-10,13-14H2,1-3H3,(H,32,33). The molecule has 1 amide bonds. The average molecular weight is 499 g/mol. The Kier molecular flexibility index (Phi) is 5.51. The molecule has 2 aliphatic carbocycles. The molecule has 1 spiro atoms. The molecule has 9 heteroatoms. The number of hydrogen-bond acceptors (Lipinski definition) is 5. The number of pyridine rings is 1. The highest BCUT2D eigenvalue weighted by Gasteiger charge is 2.82. The molecule has 0 bridgehead atoms. The van der Waals surface area contributed by atoms with E-state index in [9.17, 15) is 23.0 Å². The maximum atomic E-state index is 14.9. The minimum Gasteiger partial charge on any atom is -0.354 e. The van der Waals surface area contributed by atoms with Crippen LogP contribution in [0.15, 0.2) is 30.5 Å². The Morgan fingerprint density at radius 2 is 1.91 bits per heavy atom. The van der Waals surface area contributed by atoms with Gasteiger partial charge in [-0.05, 0) is 61.8 Å². The fourth-order valence-electron chi connectivity index (χ4n) is 5.85. The number of aryl methyl sites for hydroxylation is 1. The first kappa shape index (κ1) is 23.9. The second-order valence-corrected chi connectivity index (χ2v) is 11.8. The average Bonchev–Trinajstić information content (AvgIpc) is 3.25. The summed E-state index contributed by atoms with van der Waals surface area (Å²) in [7, 11) is -0.761. The predicted octanol–water partition coefficient (Wildman–Crippen LogP) is 4.33. The Labute approximate surface area is 206 Å². The van der Waals surface area contributed by atoms with Crippen LogP contribution in [-0.4, -0.2) is 38.6 Å². The second-order valence-electron chi connectivity index (χ2n) is 10.4. The SMILES string of the molecule is CCc1c(Nc2ccc(C3C(F)(F)C3(C)C(=O)NC3CC4(C3)CS(=O)C4)cc2)cnc(C)c1C#N. The van der Waals surface area contributed by atoms with E-state index in [2.05, 4.69) is 21.7 Å². The van der Waals surface area contributed by atoms with Gasteiger partial charge in [0.1, 0.15) is 11.5 Å². The number of halogens is 2. The number of hydrogen-bond donors (Lipinski definition) is 2. The number of nitrogens with zero attached hydrogens (tertiary/aromatic N) is 2. The van der Waals surface area contributed by atoms with Crippen molar-refractivity contribution in [2.45, 2.75) is 57.9 Å². The van der Waals surface area contributed by atoms with E-state index >= 15 is 0 Å². The van der Waals surface area contributed by atoms with Gasteiger partial charge in [0.25, 0.3) is 5.92 Å². The Morgan fingerprint density at radius 1 is 1.26 bits per heavy atom. The monoisotopic (exact) mass is 498 g/mol. The van der Waals surface area contributed by atoms with Crippen LogP contribution in [0.4, 0.5) is 20.2 Å². The zero-order valence-corrected chi connectivity index (χ0v) is 20.8. The van der Waals surface area contributed by atoms with Gasteiger partial charge in [0.2, 0.25) is 5.91 Å². The molecule has 2 unspecified atom stereocenters. The lowest BCUT2D eigenvalue weighted by atomic mass is 9.67. The number of anilines is 2. The minimum absolute atomic E-state index is 0.0522. The van der Waals surface area contributed by atoms with Crippen LogP contribution < -0.4 is 10.6 Å². The smallest absolute Gasteiger partial charge is 0.270 e. The molecule has 2 saturated carbocycles. The van der Waals surface area contributed by atoms with Gasteiger partial charge >= 0.3 is 0 Å². The van der Waals surface area contributed by atoms with Crippen LogP contribution in [0.2, 0.25) is 0 Å². The van der Waals surface area contributed by atoms with Crippen molar-refractivity contribution in [1.82, 2.24) is 10.3 Å².